The van der Waals surface area contributed by atoms with Gasteiger partial charge in [0, 0.05) is 31.3 Å². The number of aliphatic hydroxyl groups is 4. The second-order valence-electron chi connectivity index (χ2n) is 12.3. The lowest BCUT2D eigenvalue weighted by atomic mass is 9.58. The molecule has 0 bridgehead atoms. The summed E-state index contributed by atoms with van der Waals surface area (Å²) >= 11 is 0. The van der Waals surface area contributed by atoms with Crippen LogP contribution in [0.1, 0.15) is 60.0 Å². The van der Waals surface area contributed by atoms with E-state index >= 15 is 0 Å². The number of aliphatic hydroxyl groups excluding tert-OH is 2. The number of Topliss-reactive ketones (excluding diaryl/α,β-unsaturated/α-hetero) is 2. The van der Waals surface area contributed by atoms with Crippen molar-refractivity contribution in [1.29, 1.82) is 0 Å². The van der Waals surface area contributed by atoms with Crippen molar-refractivity contribution in [2.45, 2.75) is 62.2 Å². The number of hydrogen-bond acceptors (Lipinski definition) is 10. The van der Waals surface area contributed by atoms with Crippen molar-refractivity contribution in [2.75, 3.05) is 33.1 Å². The van der Waals surface area contributed by atoms with Crippen molar-refractivity contribution in [1.82, 2.24) is 4.90 Å². The molecule has 0 heterocycles. The molecule has 0 saturated heterocycles. The molecule has 224 valence electrons. The number of anilines is 1. The minimum Gasteiger partial charge on any atom is -0.510 e. The maximum absolute atomic E-state index is 14.1. The van der Waals surface area contributed by atoms with Crippen LogP contribution in [0, 0.1) is 23.7 Å². The maximum atomic E-state index is 14.1. The minimum atomic E-state index is -2.70. The van der Waals surface area contributed by atoms with Crippen LogP contribution in [0.15, 0.2) is 28.7 Å². The van der Waals surface area contributed by atoms with E-state index in [2.05, 4.69) is 11.8 Å². The number of carbonyl (C=O) groups is 3. The molecule has 4 aliphatic rings. The molecule has 0 radical (unpaired) electrons. The van der Waals surface area contributed by atoms with Gasteiger partial charge in [-0.05, 0) is 70.2 Å². The number of nitrogens with zero attached hydrogens (tertiary/aromatic N) is 2. The second-order valence-corrected chi connectivity index (χ2v) is 12.3. The minimum absolute atomic E-state index is 0.00792. The van der Waals surface area contributed by atoms with Crippen LogP contribution < -0.4 is 10.6 Å². The molecule has 1 saturated carbocycles. The van der Waals surface area contributed by atoms with Gasteiger partial charge in [0.25, 0.3) is 5.91 Å². The van der Waals surface area contributed by atoms with Gasteiger partial charge in [-0.3, -0.25) is 19.3 Å². The zero-order valence-electron chi connectivity index (χ0n) is 24.2. The molecule has 4 aliphatic carbocycles. The number of phenols is 1. The van der Waals surface area contributed by atoms with Crippen LogP contribution >= 0.6 is 0 Å². The zero-order chi connectivity index (χ0) is 30.9. The fourth-order valence-electron chi connectivity index (χ4n) is 7.24. The van der Waals surface area contributed by atoms with Gasteiger partial charge in [0.15, 0.2) is 11.4 Å². The molecule has 4 atom stereocenters. The summed E-state index contributed by atoms with van der Waals surface area (Å²) in [4.78, 5) is 43.1. The molecule has 1 aromatic carbocycles. The average Bonchev–Trinajstić information content (AvgIpc) is 2.90. The van der Waals surface area contributed by atoms with E-state index in [0.717, 1.165) is 19.3 Å². The quantitative estimate of drug-likeness (QED) is 0.225. The molecular formula is C31H37N3O8. The Balaban J connectivity index is 1.69. The summed E-state index contributed by atoms with van der Waals surface area (Å²) in [7, 11) is 6.73. The third-order valence-electron chi connectivity index (χ3n) is 9.29. The third kappa shape index (κ3) is 4.28. The summed E-state index contributed by atoms with van der Waals surface area (Å²) in [6, 6.07) is 0.606. The summed E-state index contributed by atoms with van der Waals surface area (Å²) < 4.78 is 0. The van der Waals surface area contributed by atoms with Gasteiger partial charge in [0.2, 0.25) is 5.78 Å². The summed E-state index contributed by atoms with van der Waals surface area (Å²) in [5.74, 6) is -1.29. The smallest absolute Gasteiger partial charge is 0.255 e. The number of likely N-dealkylation sites (N-methyl/N-ethyl adjacent to an activating group) is 1. The van der Waals surface area contributed by atoms with Crippen molar-refractivity contribution < 1.29 is 39.9 Å². The normalized spacial score (nSPS) is 28.5. The SMILES string of the molecule is CN(C)c1cc(C#CC2(O)CCCCC2)c(O)c2c1C[C@@H]1C[C@@H]3[C@@H](N(C)C)C(O)=C(C(N)=O)C(=O)[C@]3(O)C(O)=C1C2=O. The Bertz CT molecular complexity index is 1520. The highest BCUT2D eigenvalue weighted by Gasteiger charge is 2.63. The van der Waals surface area contributed by atoms with Gasteiger partial charge in [-0.15, -0.1) is 0 Å². The van der Waals surface area contributed by atoms with Crippen molar-refractivity contribution >= 4 is 23.2 Å². The van der Waals surface area contributed by atoms with Crippen molar-refractivity contribution in [3.05, 3.63) is 45.4 Å². The number of carbonyl (C=O) groups excluding carboxylic acids is 3. The lowest BCUT2D eigenvalue weighted by Crippen LogP contribution is -2.63. The van der Waals surface area contributed by atoms with Crippen LogP contribution in [0.2, 0.25) is 0 Å². The predicted molar refractivity (Wildman–Crippen MR) is 153 cm³/mol. The fourth-order valence-corrected chi connectivity index (χ4v) is 7.24. The highest BCUT2D eigenvalue weighted by Crippen LogP contribution is 2.53. The average molecular weight is 580 g/mol. The van der Waals surface area contributed by atoms with Crippen LogP contribution in [-0.2, 0) is 16.0 Å². The Labute approximate surface area is 243 Å². The first-order valence-electron chi connectivity index (χ1n) is 14.1. The van der Waals surface area contributed by atoms with Crippen LogP contribution in [0.5, 0.6) is 5.75 Å². The lowest BCUT2D eigenvalue weighted by Gasteiger charge is -2.50. The van der Waals surface area contributed by atoms with E-state index in [4.69, 9.17) is 5.73 Å². The number of primary amides is 1. The highest BCUT2D eigenvalue weighted by molar-refractivity contribution is 6.25. The molecule has 0 unspecified atom stereocenters. The van der Waals surface area contributed by atoms with Crippen molar-refractivity contribution in [3.63, 3.8) is 0 Å². The van der Waals surface area contributed by atoms with E-state index < -0.39 is 69.4 Å². The molecule has 11 nitrogen and oxygen atoms in total. The van der Waals surface area contributed by atoms with Crippen LogP contribution in [0.3, 0.4) is 0 Å². The lowest BCUT2D eigenvalue weighted by molar-refractivity contribution is -0.148. The number of fused-ring (bicyclic) bond motifs is 3. The standard InChI is InChI=1S/C31H37N3O8/c1-33(2)19-14-15(8-11-30(41)9-6-5-7-10-30)24(35)21-17(19)12-16-13-18-23(34(3)4)26(37)22(29(32)40)28(39)31(18,42)27(38)20(16)25(21)36/h14,16,18,23,35,37-38,41-42H,5-7,9-10,12-13H2,1-4H3,(H2,32,40)/t16-,18-,23-,31-/m1/s1. The number of rotatable bonds is 3. The molecule has 42 heavy (non-hydrogen) atoms. The largest absolute Gasteiger partial charge is 0.510 e. The summed E-state index contributed by atoms with van der Waals surface area (Å²) in [6.07, 6.45) is 3.87. The van der Waals surface area contributed by atoms with Gasteiger partial charge < -0.3 is 36.2 Å². The number of amides is 1. The van der Waals surface area contributed by atoms with E-state index in [1.807, 2.05) is 0 Å². The summed E-state index contributed by atoms with van der Waals surface area (Å²) in [5, 5.41) is 56.5. The summed E-state index contributed by atoms with van der Waals surface area (Å²) in [5.41, 5.74) is 1.55. The first-order chi connectivity index (χ1) is 19.6. The Morgan fingerprint density at radius 3 is 2.26 bits per heavy atom. The first kappa shape index (κ1) is 29.6. The molecule has 0 spiro atoms. The monoisotopic (exact) mass is 579 g/mol. The number of allylic oxidation sites excluding steroid dienone is 1. The van der Waals surface area contributed by atoms with Crippen LogP contribution in [0.4, 0.5) is 5.69 Å². The van der Waals surface area contributed by atoms with E-state index in [9.17, 15) is 39.9 Å². The molecule has 11 heteroatoms. The molecule has 0 aliphatic heterocycles. The van der Waals surface area contributed by atoms with Crippen LogP contribution in [0.25, 0.3) is 0 Å². The van der Waals surface area contributed by atoms with E-state index in [-0.39, 0.29) is 29.5 Å². The summed E-state index contributed by atoms with van der Waals surface area (Å²) in [6.45, 7) is 0. The Morgan fingerprint density at radius 1 is 1.05 bits per heavy atom. The second kappa shape index (κ2) is 10.2. The first-order valence-corrected chi connectivity index (χ1v) is 14.1. The number of aromatic hydroxyl groups is 1. The molecule has 7 N–H and O–H groups in total. The molecular weight excluding hydrogens is 542 g/mol. The maximum Gasteiger partial charge on any atom is 0.255 e. The highest BCUT2D eigenvalue weighted by atomic mass is 16.3. The molecule has 1 aromatic rings. The van der Waals surface area contributed by atoms with Crippen molar-refractivity contribution in [2.24, 2.45) is 17.6 Å². The third-order valence-corrected chi connectivity index (χ3v) is 9.29. The Hall–Kier alpha value is -3.85. The predicted octanol–water partition coefficient (Wildman–Crippen LogP) is 1.23. The number of benzene rings is 1. The number of ketones is 2. The molecule has 1 fully saturated rings. The fraction of sp³-hybridized carbons (Fsp3) is 0.516. The van der Waals surface area contributed by atoms with Crippen LogP contribution in [-0.4, -0.2) is 93.3 Å². The van der Waals surface area contributed by atoms with Gasteiger partial charge in [0.05, 0.1) is 17.2 Å². The van der Waals surface area contributed by atoms with E-state index in [1.54, 1.807) is 39.2 Å². The van der Waals surface area contributed by atoms with Crippen molar-refractivity contribution in [3.8, 4) is 17.6 Å². The Morgan fingerprint density at radius 2 is 1.69 bits per heavy atom. The van der Waals surface area contributed by atoms with E-state index in [1.165, 1.54) is 4.90 Å². The number of nitrogens with two attached hydrogens (primary N) is 1. The zero-order valence-corrected chi connectivity index (χ0v) is 24.2. The molecule has 5 rings (SSSR count). The Kier molecular flexibility index (Phi) is 7.16. The van der Waals surface area contributed by atoms with Gasteiger partial charge in [0.1, 0.15) is 28.4 Å². The van der Waals surface area contributed by atoms with Gasteiger partial charge in [-0.25, -0.2) is 0 Å². The van der Waals surface area contributed by atoms with Gasteiger partial charge in [-0.1, -0.05) is 18.3 Å². The molecule has 1 amide bonds. The number of phenolic OH excluding ortho intramolecular Hbond substituents is 1. The molecule has 0 aromatic heterocycles. The van der Waals surface area contributed by atoms with Gasteiger partial charge in [-0.2, -0.15) is 0 Å². The number of hydrogen-bond donors (Lipinski definition) is 6. The topological polar surface area (TPSA) is 185 Å². The van der Waals surface area contributed by atoms with Gasteiger partial charge >= 0.3 is 0 Å². The van der Waals surface area contributed by atoms with E-state index in [0.29, 0.717) is 24.1 Å².